The lowest BCUT2D eigenvalue weighted by Gasteiger charge is -2.34. The molecule has 1 aromatic carbocycles. The van der Waals surface area contributed by atoms with E-state index in [0.717, 1.165) is 0 Å². The van der Waals surface area contributed by atoms with Crippen LogP contribution in [0.5, 0.6) is 0 Å². The van der Waals surface area contributed by atoms with E-state index >= 15 is 0 Å². The van der Waals surface area contributed by atoms with Gasteiger partial charge in [-0.1, -0.05) is 11.6 Å². The minimum atomic E-state index is -0.550. The molecule has 132 valence electrons. The van der Waals surface area contributed by atoms with Crippen molar-refractivity contribution in [2.24, 2.45) is 0 Å². The van der Waals surface area contributed by atoms with Crippen LogP contribution in [0.4, 0.5) is 9.18 Å². The van der Waals surface area contributed by atoms with Crippen molar-refractivity contribution >= 4 is 23.5 Å². The number of nitrogens with one attached hydrogen (secondary N) is 2. The van der Waals surface area contributed by atoms with Gasteiger partial charge in [0.15, 0.2) is 0 Å². The predicted molar refractivity (Wildman–Crippen MR) is 91.8 cm³/mol. The number of urea groups is 1. The smallest absolute Gasteiger partial charge is 0.317 e. The molecule has 5 nitrogen and oxygen atoms in total. The molecule has 24 heavy (non-hydrogen) atoms. The van der Waals surface area contributed by atoms with Crippen molar-refractivity contribution in [2.75, 3.05) is 13.1 Å². The second kappa shape index (κ2) is 7.38. The van der Waals surface area contributed by atoms with E-state index in [9.17, 15) is 14.0 Å². The van der Waals surface area contributed by atoms with E-state index in [4.69, 9.17) is 11.6 Å². The quantitative estimate of drug-likeness (QED) is 0.855. The van der Waals surface area contributed by atoms with E-state index in [2.05, 4.69) is 10.6 Å². The van der Waals surface area contributed by atoms with Crippen molar-refractivity contribution in [3.05, 3.63) is 34.6 Å². The fourth-order valence-electron chi connectivity index (χ4n) is 2.53. The monoisotopic (exact) mass is 355 g/mol. The van der Waals surface area contributed by atoms with Crippen molar-refractivity contribution in [1.29, 1.82) is 0 Å². The molecule has 3 amide bonds. The van der Waals surface area contributed by atoms with Gasteiger partial charge in [0.2, 0.25) is 0 Å². The normalized spacial score (nSPS) is 16.0. The molecule has 0 aromatic heterocycles. The van der Waals surface area contributed by atoms with Gasteiger partial charge in [0.05, 0.1) is 5.02 Å². The molecule has 2 N–H and O–H groups in total. The molecule has 0 bridgehead atoms. The minimum Gasteiger partial charge on any atom is -0.349 e. The molecule has 0 spiro atoms. The number of hydrogen-bond donors (Lipinski definition) is 2. The summed E-state index contributed by atoms with van der Waals surface area (Å²) < 4.78 is 13.1. The summed E-state index contributed by atoms with van der Waals surface area (Å²) in [7, 11) is 0. The second-order valence-electron chi connectivity index (χ2n) is 7.04. The summed E-state index contributed by atoms with van der Waals surface area (Å²) in [5.74, 6) is -0.833. The van der Waals surface area contributed by atoms with Gasteiger partial charge in [-0.3, -0.25) is 4.79 Å². The number of amides is 3. The van der Waals surface area contributed by atoms with Gasteiger partial charge in [-0.05, 0) is 51.8 Å². The zero-order chi connectivity index (χ0) is 17.9. The largest absolute Gasteiger partial charge is 0.349 e. The Balaban J connectivity index is 1.85. The summed E-state index contributed by atoms with van der Waals surface area (Å²) in [5.41, 5.74) is 0.0543. The lowest BCUT2D eigenvalue weighted by molar-refractivity contribution is 0.0917. The zero-order valence-electron chi connectivity index (χ0n) is 14.2. The molecule has 1 aromatic rings. The highest BCUT2D eigenvalue weighted by Gasteiger charge is 2.26. The fourth-order valence-corrected chi connectivity index (χ4v) is 2.71. The maximum Gasteiger partial charge on any atom is 0.317 e. The number of piperidine rings is 1. The lowest BCUT2D eigenvalue weighted by atomic mass is 10.0. The van der Waals surface area contributed by atoms with E-state index in [1.165, 1.54) is 18.2 Å². The summed E-state index contributed by atoms with van der Waals surface area (Å²) in [5, 5.41) is 5.77. The average molecular weight is 356 g/mol. The third kappa shape index (κ3) is 5.09. The van der Waals surface area contributed by atoms with Crippen LogP contribution >= 0.6 is 11.6 Å². The van der Waals surface area contributed by atoms with Gasteiger partial charge in [-0.2, -0.15) is 0 Å². The Morgan fingerprint density at radius 2 is 1.88 bits per heavy atom. The Morgan fingerprint density at radius 1 is 1.25 bits per heavy atom. The molecular weight excluding hydrogens is 333 g/mol. The molecular formula is C17H23ClFN3O2. The van der Waals surface area contributed by atoms with Gasteiger partial charge in [-0.15, -0.1) is 0 Å². The summed E-state index contributed by atoms with van der Waals surface area (Å²) >= 11 is 5.70. The van der Waals surface area contributed by atoms with Crippen molar-refractivity contribution in [1.82, 2.24) is 15.5 Å². The average Bonchev–Trinajstić information content (AvgIpc) is 2.49. The molecule has 1 fully saturated rings. The first-order chi connectivity index (χ1) is 11.2. The summed E-state index contributed by atoms with van der Waals surface area (Å²) in [6.45, 7) is 6.97. The molecule has 0 radical (unpaired) electrons. The van der Waals surface area contributed by atoms with Gasteiger partial charge in [0.1, 0.15) is 5.82 Å². The number of hydrogen-bond acceptors (Lipinski definition) is 2. The van der Waals surface area contributed by atoms with Crippen LogP contribution in [0.2, 0.25) is 5.02 Å². The van der Waals surface area contributed by atoms with Crippen LogP contribution in [-0.4, -0.2) is 41.5 Å². The Kier molecular flexibility index (Phi) is 5.70. The predicted octanol–water partition coefficient (Wildman–Crippen LogP) is 3.18. The molecule has 1 heterocycles. The van der Waals surface area contributed by atoms with E-state index in [-0.39, 0.29) is 28.5 Å². The number of rotatable bonds is 2. The van der Waals surface area contributed by atoms with Gasteiger partial charge in [0, 0.05) is 30.2 Å². The summed E-state index contributed by atoms with van der Waals surface area (Å²) in [4.78, 5) is 26.1. The maximum absolute atomic E-state index is 13.1. The number of carbonyl (C=O) groups is 2. The van der Waals surface area contributed by atoms with E-state index in [1.807, 2.05) is 20.8 Å². The number of likely N-dealkylation sites (tertiary alicyclic amines) is 1. The molecule has 0 saturated carbocycles. The minimum absolute atomic E-state index is 0.0139. The third-order valence-corrected chi connectivity index (χ3v) is 4.07. The van der Waals surface area contributed by atoms with Crippen molar-refractivity contribution in [2.45, 2.75) is 45.2 Å². The molecule has 1 saturated heterocycles. The summed E-state index contributed by atoms with van der Waals surface area (Å²) in [6.07, 6.45) is 1.36. The zero-order valence-corrected chi connectivity index (χ0v) is 14.9. The SMILES string of the molecule is CC(C)(C)NC(=O)N1CCC(NC(=O)c2ccc(F)c(Cl)c2)CC1. The van der Waals surface area contributed by atoms with Crippen LogP contribution in [0.25, 0.3) is 0 Å². The number of halogens is 2. The lowest BCUT2D eigenvalue weighted by Crippen LogP contribution is -2.53. The molecule has 7 heteroatoms. The van der Waals surface area contributed by atoms with Gasteiger partial charge >= 0.3 is 6.03 Å². The van der Waals surface area contributed by atoms with Gasteiger partial charge < -0.3 is 15.5 Å². The molecule has 2 rings (SSSR count). The van der Waals surface area contributed by atoms with E-state index in [0.29, 0.717) is 31.5 Å². The highest BCUT2D eigenvalue weighted by Crippen LogP contribution is 2.17. The van der Waals surface area contributed by atoms with E-state index < -0.39 is 5.82 Å². The van der Waals surface area contributed by atoms with Crippen LogP contribution in [-0.2, 0) is 0 Å². The number of nitrogens with zero attached hydrogens (tertiary/aromatic N) is 1. The molecule has 1 aliphatic rings. The highest BCUT2D eigenvalue weighted by atomic mass is 35.5. The van der Waals surface area contributed by atoms with Crippen LogP contribution < -0.4 is 10.6 Å². The standard InChI is InChI=1S/C17H23ClFN3O2/c1-17(2,3)21-16(24)22-8-6-12(7-9-22)20-15(23)11-4-5-14(19)13(18)10-11/h4-5,10,12H,6-9H2,1-3H3,(H,20,23)(H,21,24). The van der Waals surface area contributed by atoms with Crippen LogP contribution in [0, 0.1) is 5.82 Å². The van der Waals surface area contributed by atoms with Crippen LogP contribution in [0.15, 0.2) is 18.2 Å². The molecule has 0 unspecified atom stereocenters. The summed E-state index contributed by atoms with van der Waals surface area (Å²) in [6, 6.07) is 3.80. The molecule has 1 aliphatic heterocycles. The Bertz CT molecular complexity index is 623. The highest BCUT2D eigenvalue weighted by molar-refractivity contribution is 6.31. The van der Waals surface area contributed by atoms with Crippen molar-refractivity contribution < 1.29 is 14.0 Å². The van der Waals surface area contributed by atoms with Crippen LogP contribution in [0.1, 0.15) is 44.0 Å². The first-order valence-corrected chi connectivity index (χ1v) is 8.36. The van der Waals surface area contributed by atoms with Crippen molar-refractivity contribution in [3.8, 4) is 0 Å². The molecule has 0 atom stereocenters. The first kappa shape index (κ1) is 18.5. The van der Waals surface area contributed by atoms with E-state index in [1.54, 1.807) is 4.90 Å². The van der Waals surface area contributed by atoms with Gasteiger partial charge in [0.25, 0.3) is 5.91 Å². The fraction of sp³-hybridized carbons (Fsp3) is 0.529. The Hall–Kier alpha value is -1.82. The number of carbonyl (C=O) groups excluding carboxylic acids is 2. The first-order valence-electron chi connectivity index (χ1n) is 7.99. The van der Waals surface area contributed by atoms with Crippen molar-refractivity contribution in [3.63, 3.8) is 0 Å². The topological polar surface area (TPSA) is 61.4 Å². The van der Waals surface area contributed by atoms with Gasteiger partial charge in [-0.25, -0.2) is 9.18 Å². The Morgan fingerprint density at radius 3 is 2.42 bits per heavy atom. The number of benzene rings is 1. The maximum atomic E-state index is 13.1. The van der Waals surface area contributed by atoms with Crippen LogP contribution in [0.3, 0.4) is 0 Å². The Labute approximate surface area is 146 Å². The third-order valence-electron chi connectivity index (χ3n) is 3.78. The second-order valence-corrected chi connectivity index (χ2v) is 7.45. The molecule has 0 aliphatic carbocycles.